The van der Waals surface area contributed by atoms with Crippen LogP contribution in [0.15, 0.2) is 46.9 Å². The van der Waals surface area contributed by atoms with Gasteiger partial charge in [-0.1, -0.05) is 44.2 Å². The lowest BCUT2D eigenvalue weighted by molar-refractivity contribution is 0.514. The molecule has 1 nitrogen and oxygen atoms in total. The molecule has 0 aliphatic rings. The van der Waals surface area contributed by atoms with Gasteiger partial charge in [-0.2, -0.15) is 0 Å². The summed E-state index contributed by atoms with van der Waals surface area (Å²) < 4.78 is 27.3. The summed E-state index contributed by atoms with van der Waals surface area (Å²) in [7, 11) is 0. The zero-order valence-corrected chi connectivity index (χ0v) is 13.6. The summed E-state index contributed by atoms with van der Waals surface area (Å²) in [6, 6.07) is 12.3. The monoisotopic (exact) mass is 353 g/mol. The molecule has 0 aromatic heterocycles. The van der Waals surface area contributed by atoms with Gasteiger partial charge in [0.15, 0.2) is 0 Å². The average molecular weight is 354 g/mol. The van der Waals surface area contributed by atoms with E-state index in [0.717, 1.165) is 6.07 Å². The van der Waals surface area contributed by atoms with Crippen molar-refractivity contribution in [2.75, 3.05) is 11.9 Å². The molecule has 0 saturated carbocycles. The molecule has 4 heteroatoms. The van der Waals surface area contributed by atoms with E-state index in [0.29, 0.717) is 22.6 Å². The van der Waals surface area contributed by atoms with E-state index in [2.05, 4.69) is 47.2 Å². The van der Waals surface area contributed by atoms with Crippen LogP contribution in [0.4, 0.5) is 14.5 Å². The Balaban J connectivity index is 2.17. The van der Waals surface area contributed by atoms with E-state index < -0.39 is 11.6 Å². The number of halogens is 3. The van der Waals surface area contributed by atoms with Gasteiger partial charge >= 0.3 is 0 Å². The van der Waals surface area contributed by atoms with E-state index in [4.69, 9.17) is 0 Å². The van der Waals surface area contributed by atoms with Crippen molar-refractivity contribution in [3.63, 3.8) is 0 Å². The molecule has 0 amide bonds. The Labute approximate surface area is 132 Å². The predicted octanol–water partition coefficient (Wildman–Crippen LogP) is 5.58. The van der Waals surface area contributed by atoms with E-state index in [9.17, 15) is 8.78 Å². The maximum Gasteiger partial charge on any atom is 0.150 e. The summed E-state index contributed by atoms with van der Waals surface area (Å²) in [6.45, 7) is 4.85. The lowest BCUT2D eigenvalue weighted by Crippen LogP contribution is -2.18. The van der Waals surface area contributed by atoms with E-state index >= 15 is 0 Å². The van der Waals surface area contributed by atoms with Crippen LogP contribution >= 0.6 is 15.9 Å². The molecule has 0 aliphatic heterocycles. The van der Waals surface area contributed by atoms with Gasteiger partial charge in [-0.15, -0.1) is 0 Å². The molecule has 0 heterocycles. The molecular weight excluding hydrogens is 336 g/mol. The molecule has 0 saturated heterocycles. The predicted molar refractivity (Wildman–Crippen MR) is 86.6 cm³/mol. The Morgan fingerprint density at radius 3 is 2.33 bits per heavy atom. The summed E-state index contributed by atoms with van der Waals surface area (Å²) in [5, 5.41) is 3.10. The van der Waals surface area contributed by atoms with Gasteiger partial charge in [0.25, 0.3) is 0 Å². The third-order valence-electron chi connectivity index (χ3n) is 3.54. The molecule has 0 aliphatic carbocycles. The van der Waals surface area contributed by atoms with Crippen LogP contribution in [0.25, 0.3) is 0 Å². The second-order valence-corrected chi connectivity index (χ2v) is 6.24. The van der Waals surface area contributed by atoms with Crippen molar-refractivity contribution < 1.29 is 8.78 Å². The maximum atomic E-state index is 13.8. The van der Waals surface area contributed by atoms with Gasteiger partial charge < -0.3 is 5.32 Å². The number of anilines is 1. The van der Waals surface area contributed by atoms with E-state index in [1.807, 2.05) is 18.2 Å². The maximum absolute atomic E-state index is 13.8. The molecule has 0 bridgehead atoms. The van der Waals surface area contributed by atoms with Crippen LogP contribution in [0.5, 0.6) is 0 Å². The first-order chi connectivity index (χ1) is 9.99. The summed E-state index contributed by atoms with van der Waals surface area (Å²) in [5.74, 6) is -0.518. The Bertz CT molecular complexity index is 576. The molecule has 2 aromatic carbocycles. The van der Waals surface area contributed by atoms with E-state index in [-0.39, 0.29) is 5.92 Å². The number of rotatable bonds is 5. The second-order valence-electron chi connectivity index (χ2n) is 5.39. The lowest BCUT2D eigenvalue weighted by Gasteiger charge is -2.23. The minimum Gasteiger partial charge on any atom is -0.381 e. The van der Waals surface area contributed by atoms with Gasteiger partial charge in [0.05, 0.1) is 5.69 Å². The molecule has 0 fully saturated rings. The van der Waals surface area contributed by atoms with Crippen LogP contribution in [0, 0.1) is 17.6 Å². The molecule has 0 spiro atoms. The molecule has 21 heavy (non-hydrogen) atoms. The summed E-state index contributed by atoms with van der Waals surface area (Å²) in [4.78, 5) is 0. The first kappa shape index (κ1) is 16.0. The minimum atomic E-state index is -0.589. The molecule has 1 atom stereocenters. The van der Waals surface area contributed by atoms with Crippen LogP contribution in [0.3, 0.4) is 0 Å². The van der Waals surface area contributed by atoms with Crippen LogP contribution in [-0.2, 0) is 0 Å². The quantitative estimate of drug-likeness (QED) is 0.739. The number of hydrogen-bond acceptors (Lipinski definition) is 1. The summed E-state index contributed by atoms with van der Waals surface area (Å²) >= 11 is 3.20. The van der Waals surface area contributed by atoms with Crippen LogP contribution in [0.1, 0.15) is 25.3 Å². The topological polar surface area (TPSA) is 12.0 Å². The largest absolute Gasteiger partial charge is 0.381 e. The Morgan fingerprint density at radius 1 is 1.10 bits per heavy atom. The highest BCUT2D eigenvalue weighted by molar-refractivity contribution is 9.10. The van der Waals surface area contributed by atoms with Crippen molar-refractivity contribution in [3.8, 4) is 0 Å². The molecule has 2 rings (SSSR count). The van der Waals surface area contributed by atoms with Gasteiger partial charge in [0.2, 0.25) is 0 Å². The zero-order chi connectivity index (χ0) is 15.4. The zero-order valence-electron chi connectivity index (χ0n) is 12.0. The normalized spacial score (nSPS) is 12.5. The summed E-state index contributed by atoms with van der Waals surface area (Å²) in [6.07, 6.45) is 0. The number of benzene rings is 2. The fraction of sp³-hybridized carbons (Fsp3) is 0.294. The average Bonchev–Trinajstić information content (AvgIpc) is 2.42. The highest BCUT2D eigenvalue weighted by atomic mass is 79.9. The molecular formula is C17H18BrF2N. The Kier molecular flexibility index (Phi) is 5.34. The van der Waals surface area contributed by atoms with Crippen molar-refractivity contribution in [2.24, 2.45) is 5.92 Å². The number of hydrogen-bond donors (Lipinski definition) is 1. The van der Waals surface area contributed by atoms with E-state index in [1.165, 1.54) is 11.6 Å². The van der Waals surface area contributed by atoms with Crippen molar-refractivity contribution in [1.82, 2.24) is 0 Å². The van der Waals surface area contributed by atoms with Gasteiger partial charge in [-0.05, 0) is 33.5 Å². The minimum absolute atomic E-state index is 0.252. The fourth-order valence-electron chi connectivity index (χ4n) is 2.36. The van der Waals surface area contributed by atoms with Crippen LogP contribution < -0.4 is 5.32 Å². The van der Waals surface area contributed by atoms with Crippen molar-refractivity contribution in [2.45, 2.75) is 19.8 Å². The van der Waals surface area contributed by atoms with E-state index in [1.54, 1.807) is 0 Å². The highest BCUT2D eigenvalue weighted by Crippen LogP contribution is 2.30. The molecule has 112 valence electrons. The van der Waals surface area contributed by atoms with Crippen molar-refractivity contribution >= 4 is 21.6 Å². The Morgan fingerprint density at radius 2 is 1.76 bits per heavy atom. The number of nitrogens with one attached hydrogen (secondary N) is 1. The Hall–Kier alpha value is -1.42. The van der Waals surface area contributed by atoms with Gasteiger partial charge in [-0.3, -0.25) is 0 Å². The molecule has 0 radical (unpaired) electrons. The molecule has 2 aromatic rings. The van der Waals surface area contributed by atoms with Gasteiger partial charge in [0, 0.05) is 23.0 Å². The first-order valence-corrected chi connectivity index (χ1v) is 7.71. The van der Waals surface area contributed by atoms with Crippen molar-refractivity contribution in [3.05, 3.63) is 64.1 Å². The lowest BCUT2D eigenvalue weighted by atomic mass is 9.88. The standard InChI is InChI=1S/C17H18BrF2N/c1-11(2)14(12-6-4-3-5-7-12)10-21-17-15(18)8-13(19)9-16(17)20/h3-9,11,14,21H,10H2,1-2H3. The highest BCUT2D eigenvalue weighted by Gasteiger charge is 2.17. The third kappa shape index (κ3) is 4.03. The van der Waals surface area contributed by atoms with Crippen molar-refractivity contribution in [1.29, 1.82) is 0 Å². The first-order valence-electron chi connectivity index (χ1n) is 6.92. The second kappa shape index (κ2) is 7.03. The molecule has 1 unspecified atom stereocenters. The van der Waals surface area contributed by atoms with Gasteiger partial charge in [-0.25, -0.2) is 8.78 Å². The smallest absolute Gasteiger partial charge is 0.150 e. The van der Waals surface area contributed by atoms with Crippen LogP contribution in [0.2, 0.25) is 0 Å². The van der Waals surface area contributed by atoms with Crippen LogP contribution in [-0.4, -0.2) is 6.54 Å². The SMILES string of the molecule is CC(C)C(CNc1c(F)cc(F)cc1Br)c1ccccc1. The summed E-state index contributed by atoms with van der Waals surface area (Å²) in [5.41, 5.74) is 1.51. The van der Waals surface area contributed by atoms with Gasteiger partial charge in [0.1, 0.15) is 11.6 Å². The third-order valence-corrected chi connectivity index (χ3v) is 4.16. The fourth-order valence-corrected chi connectivity index (χ4v) is 2.91. The molecule has 1 N–H and O–H groups in total.